The number of hydrogen-bond donors (Lipinski definition) is 3. The monoisotopic (exact) mass is 302 g/mol. The average Bonchev–Trinajstić information content (AvgIpc) is 2.67. The van der Waals surface area contributed by atoms with Gasteiger partial charge in [-0.2, -0.15) is 0 Å². The second kappa shape index (κ2) is 9.60. The molecule has 124 valence electrons. The molecule has 0 aromatic rings. The van der Waals surface area contributed by atoms with Crippen molar-refractivity contribution in [3.8, 4) is 0 Å². The van der Waals surface area contributed by atoms with Gasteiger partial charge in [0, 0.05) is 19.0 Å². The van der Waals surface area contributed by atoms with E-state index in [1.54, 1.807) is 20.8 Å². The van der Waals surface area contributed by atoms with Gasteiger partial charge in [0.2, 0.25) is 0 Å². The van der Waals surface area contributed by atoms with Crippen molar-refractivity contribution in [3.63, 3.8) is 0 Å². The number of hydrogen-bond acceptors (Lipinski definition) is 4. The van der Waals surface area contributed by atoms with Gasteiger partial charge in [-0.15, -0.1) is 0 Å². The Bertz CT molecular complexity index is 318. The van der Waals surface area contributed by atoms with E-state index in [0.29, 0.717) is 19.0 Å². The van der Waals surface area contributed by atoms with Gasteiger partial charge in [0.15, 0.2) is 0 Å². The number of nitrogens with two attached hydrogens (primary N) is 1. The van der Waals surface area contributed by atoms with Crippen LogP contribution in [0.25, 0.3) is 0 Å². The van der Waals surface area contributed by atoms with Gasteiger partial charge in [-0.05, 0) is 52.4 Å². The highest BCUT2D eigenvalue weighted by Gasteiger charge is 2.16. The summed E-state index contributed by atoms with van der Waals surface area (Å²) in [6.07, 6.45) is 3.80. The lowest BCUT2D eigenvalue weighted by Gasteiger charge is -2.19. The molecule has 0 saturated heterocycles. The standard InChI is InChI=1S/C9H17NO4.C6H13N/c1-9(2,3)14-8(13)10-6-4-5-7(11)12;1-5-2-3-6(7)4-5/h4-6H2,1-3H3,(H,10,13)(H,11,12);5-6H,2-4,7H2,1H3/t;5-,6+/m.1/s1. The van der Waals surface area contributed by atoms with Crippen molar-refractivity contribution in [2.24, 2.45) is 11.7 Å². The lowest BCUT2D eigenvalue weighted by atomic mass is 10.1. The minimum atomic E-state index is -0.865. The summed E-state index contributed by atoms with van der Waals surface area (Å²) < 4.78 is 4.95. The third-order valence-corrected chi connectivity index (χ3v) is 2.97. The first kappa shape index (κ1) is 19.7. The van der Waals surface area contributed by atoms with Crippen molar-refractivity contribution in [1.29, 1.82) is 0 Å². The van der Waals surface area contributed by atoms with E-state index in [1.807, 2.05) is 0 Å². The summed E-state index contributed by atoms with van der Waals surface area (Å²) in [4.78, 5) is 21.2. The molecule has 1 saturated carbocycles. The van der Waals surface area contributed by atoms with Crippen LogP contribution in [0.2, 0.25) is 0 Å². The van der Waals surface area contributed by atoms with Crippen LogP contribution in [0.1, 0.15) is 59.8 Å². The van der Waals surface area contributed by atoms with E-state index in [1.165, 1.54) is 19.3 Å². The number of nitrogens with one attached hydrogen (secondary N) is 1. The Labute approximate surface area is 127 Å². The van der Waals surface area contributed by atoms with Crippen molar-refractivity contribution in [3.05, 3.63) is 0 Å². The van der Waals surface area contributed by atoms with Crippen LogP contribution in [0.3, 0.4) is 0 Å². The fourth-order valence-corrected chi connectivity index (χ4v) is 2.00. The maximum Gasteiger partial charge on any atom is 0.407 e. The fraction of sp³-hybridized carbons (Fsp3) is 0.867. The minimum absolute atomic E-state index is 0.0514. The number of alkyl carbamates (subject to hydrolysis) is 1. The lowest BCUT2D eigenvalue weighted by molar-refractivity contribution is -0.137. The van der Waals surface area contributed by atoms with Crippen LogP contribution < -0.4 is 11.1 Å². The molecular formula is C15H30N2O4. The first-order chi connectivity index (χ1) is 9.60. The molecular weight excluding hydrogens is 272 g/mol. The van der Waals surface area contributed by atoms with Crippen molar-refractivity contribution >= 4 is 12.1 Å². The van der Waals surface area contributed by atoms with Gasteiger partial charge in [0.25, 0.3) is 0 Å². The molecule has 2 atom stereocenters. The number of ether oxygens (including phenoxy) is 1. The van der Waals surface area contributed by atoms with E-state index in [4.69, 9.17) is 15.6 Å². The Balaban J connectivity index is 0.000000471. The molecule has 0 radical (unpaired) electrons. The third kappa shape index (κ3) is 13.4. The predicted molar refractivity (Wildman–Crippen MR) is 82.1 cm³/mol. The quantitative estimate of drug-likeness (QED) is 0.693. The predicted octanol–water partition coefficient (Wildman–Crippen LogP) is 2.51. The van der Waals surface area contributed by atoms with Crippen molar-refractivity contribution < 1.29 is 19.4 Å². The molecule has 6 heteroatoms. The number of rotatable bonds is 4. The highest BCUT2D eigenvalue weighted by atomic mass is 16.6. The summed E-state index contributed by atoms with van der Waals surface area (Å²) in [6.45, 7) is 7.89. The van der Waals surface area contributed by atoms with Crippen LogP contribution in [-0.4, -0.2) is 35.4 Å². The van der Waals surface area contributed by atoms with Gasteiger partial charge in [-0.25, -0.2) is 4.79 Å². The van der Waals surface area contributed by atoms with E-state index in [9.17, 15) is 9.59 Å². The van der Waals surface area contributed by atoms with Crippen LogP contribution in [0.15, 0.2) is 0 Å². The first-order valence-electron chi connectivity index (χ1n) is 7.54. The van der Waals surface area contributed by atoms with Crippen LogP contribution in [0, 0.1) is 5.92 Å². The molecule has 0 heterocycles. The lowest BCUT2D eigenvalue weighted by Crippen LogP contribution is -2.33. The average molecular weight is 302 g/mol. The molecule has 0 aromatic carbocycles. The Hall–Kier alpha value is -1.30. The highest BCUT2D eigenvalue weighted by Crippen LogP contribution is 2.22. The minimum Gasteiger partial charge on any atom is -0.481 e. The van der Waals surface area contributed by atoms with Crippen LogP contribution in [0.4, 0.5) is 4.79 Å². The van der Waals surface area contributed by atoms with Crippen LogP contribution in [0.5, 0.6) is 0 Å². The zero-order valence-corrected chi connectivity index (χ0v) is 13.6. The summed E-state index contributed by atoms with van der Waals surface area (Å²) in [5.41, 5.74) is 5.11. The molecule has 1 rings (SSSR count). The van der Waals surface area contributed by atoms with E-state index < -0.39 is 17.7 Å². The van der Waals surface area contributed by atoms with Crippen molar-refractivity contribution in [1.82, 2.24) is 5.32 Å². The zero-order valence-electron chi connectivity index (χ0n) is 13.6. The Kier molecular flexibility index (Phi) is 9.01. The fourth-order valence-electron chi connectivity index (χ4n) is 2.00. The summed E-state index contributed by atoms with van der Waals surface area (Å²) in [5.74, 6) is 0.0333. The normalized spacial score (nSPS) is 21.2. The molecule has 4 N–H and O–H groups in total. The van der Waals surface area contributed by atoms with Gasteiger partial charge in [-0.3, -0.25) is 4.79 Å². The smallest absolute Gasteiger partial charge is 0.407 e. The van der Waals surface area contributed by atoms with Crippen LogP contribution >= 0.6 is 0 Å². The number of carbonyl (C=O) groups is 2. The Morgan fingerprint density at radius 1 is 1.33 bits per heavy atom. The van der Waals surface area contributed by atoms with Gasteiger partial charge >= 0.3 is 12.1 Å². The molecule has 1 fully saturated rings. The van der Waals surface area contributed by atoms with E-state index in [0.717, 1.165) is 5.92 Å². The maximum atomic E-state index is 11.0. The first-order valence-corrected chi connectivity index (χ1v) is 7.54. The van der Waals surface area contributed by atoms with E-state index in [-0.39, 0.29) is 6.42 Å². The summed E-state index contributed by atoms with van der Waals surface area (Å²) in [5, 5.41) is 10.8. The molecule has 6 nitrogen and oxygen atoms in total. The van der Waals surface area contributed by atoms with E-state index >= 15 is 0 Å². The number of carbonyl (C=O) groups excluding carboxylic acids is 1. The Morgan fingerprint density at radius 3 is 2.29 bits per heavy atom. The second-order valence-corrected chi connectivity index (χ2v) is 6.60. The second-order valence-electron chi connectivity index (χ2n) is 6.60. The van der Waals surface area contributed by atoms with Gasteiger partial charge in [0.1, 0.15) is 5.60 Å². The maximum absolute atomic E-state index is 11.0. The molecule has 0 bridgehead atoms. The van der Waals surface area contributed by atoms with Crippen molar-refractivity contribution in [2.75, 3.05) is 6.54 Å². The van der Waals surface area contributed by atoms with Gasteiger partial charge < -0.3 is 20.9 Å². The molecule has 0 unspecified atom stereocenters. The number of amides is 1. The van der Waals surface area contributed by atoms with Gasteiger partial charge in [0.05, 0.1) is 0 Å². The Morgan fingerprint density at radius 2 is 1.95 bits per heavy atom. The topological polar surface area (TPSA) is 102 Å². The number of aliphatic carboxylic acids is 1. The number of carboxylic acid groups (broad SMARTS) is 1. The van der Waals surface area contributed by atoms with E-state index in [2.05, 4.69) is 12.2 Å². The largest absolute Gasteiger partial charge is 0.481 e. The molecule has 1 amide bonds. The molecule has 0 aromatic heterocycles. The third-order valence-electron chi connectivity index (χ3n) is 2.97. The number of carboxylic acids is 1. The zero-order chi connectivity index (χ0) is 16.5. The molecule has 0 spiro atoms. The highest BCUT2D eigenvalue weighted by molar-refractivity contribution is 5.68. The summed E-state index contributed by atoms with van der Waals surface area (Å²) in [7, 11) is 0. The van der Waals surface area contributed by atoms with Crippen LogP contribution in [-0.2, 0) is 9.53 Å². The van der Waals surface area contributed by atoms with Gasteiger partial charge in [-0.1, -0.05) is 6.92 Å². The molecule has 21 heavy (non-hydrogen) atoms. The molecule has 0 aliphatic heterocycles. The summed E-state index contributed by atoms with van der Waals surface area (Å²) in [6, 6.07) is 0.523. The SMILES string of the molecule is CC(C)(C)OC(=O)NCCCC(=O)O.C[C@@H]1CC[C@H](N)C1. The molecule has 1 aliphatic rings. The summed E-state index contributed by atoms with van der Waals surface area (Å²) >= 11 is 0. The van der Waals surface area contributed by atoms with Crippen molar-refractivity contribution in [2.45, 2.75) is 71.4 Å². The molecule has 1 aliphatic carbocycles.